The fourth-order valence-corrected chi connectivity index (χ4v) is 2.80. The standard InChI is InChI=1S/C15H23ClO4S/c1-4-14(17)9-12(10-15(2,3)21(18,19)20)11-5-7-13(16)8-6-11/h5-8,12,14,17H,4,9-10H2,1-3H3,(H,18,19,20). The van der Waals surface area contributed by atoms with Crippen LogP contribution in [0, 0.1) is 0 Å². The van der Waals surface area contributed by atoms with Crippen molar-refractivity contribution in [3.05, 3.63) is 34.9 Å². The van der Waals surface area contributed by atoms with Crippen LogP contribution >= 0.6 is 11.6 Å². The van der Waals surface area contributed by atoms with E-state index in [0.29, 0.717) is 17.9 Å². The summed E-state index contributed by atoms with van der Waals surface area (Å²) < 4.78 is 31.1. The molecule has 0 bridgehead atoms. The zero-order valence-corrected chi connectivity index (χ0v) is 14.2. The largest absolute Gasteiger partial charge is 0.393 e. The van der Waals surface area contributed by atoms with Crippen molar-refractivity contribution in [3.8, 4) is 0 Å². The molecule has 0 saturated carbocycles. The van der Waals surface area contributed by atoms with Gasteiger partial charge in [-0.2, -0.15) is 8.42 Å². The molecule has 1 aromatic rings. The first-order valence-corrected chi connectivity index (χ1v) is 8.79. The molecular formula is C15H23ClO4S. The van der Waals surface area contributed by atoms with Crippen molar-refractivity contribution in [3.63, 3.8) is 0 Å². The van der Waals surface area contributed by atoms with Gasteiger partial charge in [-0.05, 0) is 56.7 Å². The summed E-state index contributed by atoms with van der Waals surface area (Å²) in [6.45, 7) is 4.85. The number of hydrogen-bond donors (Lipinski definition) is 2. The number of aliphatic hydroxyl groups excluding tert-OH is 1. The Labute approximate surface area is 131 Å². The molecule has 0 spiro atoms. The Bertz CT molecular complexity index is 552. The Hall–Kier alpha value is -0.620. The third kappa shape index (κ3) is 5.25. The average molecular weight is 335 g/mol. The summed E-state index contributed by atoms with van der Waals surface area (Å²) in [7, 11) is -4.16. The van der Waals surface area contributed by atoms with Gasteiger partial charge in [-0.1, -0.05) is 30.7 Å². The molecule has 0 fully saturated rings. The van der Waals surface area contributed by atoms with E-state index in [1.54, 1.807) is 12.1 Å². The van der Waals surface area contributed by atoms with Gasteiger partial charge < -0.3 is 5.11 Å². The predicted octanol–water partition coefficient (Wildman–Crippen LogP) is 3.64. The SMILES string of the molecule is CCC(O)CC(CC(C)(C)S(=O)(=O)O)c1ccc(Cl)cc1. The van der Waals surface area contributed by atoms with Crippen molar-refractivity contribution >= 4 is 21.7 Å². The number of benzene rings is 1. The molecule has 0 aliphatic rings. The molecule has 21 heavy (non-hydrogen) atoms. The highest BCUT2D eigenvalue weighted by Crippen LogP contribution is 2.34. The lowest BCUT2D eigenvalue weighted by molar-refractivity contribution is 0.147. The van der Waals surface area contributed by atoms with Crippen LogP contribution in [0.2, 0.25) is 5.02 Å². The molecule has 0 heterocycles. The van der Waals surface area contributed by atoms with E-state index >= 15 is 0 Å². The first-order valence-electron chi connectivity index (χ1n) is 6.97. The Kier molecular flexibility index (Phi) is 6.23. The normalized spacial score (nSPS) is 15.7. The molecule has 6 heteroatoms. The van der Waals surface area contributed by atoms with Gasteiger partial charge >= 0.3 is 0 Å². The van der Waals surface area contributed by atoms with E-state index < -0.39 is 21.0 Å². The molecule has 0 aliphatic carbocycles. The van der Waals surface area contributed by atoms with Crippen LogP contribution in [-0.2, 0) is 10.1 Å². The van der Waals surface area contributed by atoms with Crippen molar-refractivity contribution in [1.29, 1.82) is 0 Å². The summed E-state index contributed by atoms with van der Waals surface area (Å²) in [5.41, 5.74) is 0.906. The predicted molar refractivity (Wildman–Crippen MR) is 85.4 cm³/mol. The lowest BCUT2D eigenvalue weighted by atomic mass is 9.85. The van der Waals surface area contributed by atoms with E-state index in [1.807, 2.05) is 19.1 Å². The Balaban J connectivity index is 3.06. The van der Waals surface area contributed by atoms with Crippen LogP contribution in [0.15, 0.2) is 24.3 Å². The van der Waals surface area contributed by atoms with Crippen LogP contribution in [0.1, 0.15) is 51.5 Å². The second kappa shape index (κ2) is 7.09. The summed E-state index contributed by atoms with van der Waals surface area (Å²) in [4.78, 5) is 0. The van der Waals surface area contributed by atoms with Gasteiger partial charge in [0.15, 0.2) is 0 Å². The lowest BCUT2D eigenvalue weighted by Gasteiger charge is -2.28. The molecule has 1 rings (SSSR count). The van der Waals surface area contributed by atoms with Gasteiger partial charge in [0.25, 0.3) is 10.1 Å². The summed E-state index contributed by atoms with van der Waals surface area (Å²) in [5, 5.41) is 10.5. The molecule has 0 aliphatic heterocycles. The van der Waals surface area contributed by atoms with Crippen LogP contribution in [0.3, 0.4) is 0 Å². The van der Waals surface area contributed by atoms with Gasteiger partial charge in [0.05, 0.1) is 10.9 Å². The minimum Gasteiger partial charge on any atom is -0.393 e. The van der Waals surface area contributed by atoms with Gasteiger partial charge in [-0.25, -0.2) is 0 Å². The van der Waals surface area contributed by atoms with Crippen LogP contribution in [0.5, 0.6) is 0 Å². The fraction of sp³-hybridized carbons (Fsp3) is 0.600. The van der Waals surface area contributed by atoms with E-state index in [2.05, 4.69) is 0 Å². The molecule has 0 radical (unpaired) electrons. The monoisotopic (exact) mass is 334 g/mol. The molecule has 2 unspecified atom stereocenters. The molecule has 2 atom stereocenters. The van der Waals surface area contributed by atoms with Gasteiger partial charge in [-0.3, -0.25) is 4.55 Å². The van der Waals surface area contributed by atoms with Gasteiger partial charge in [0.1, 0.15) is 0 Å². The fourth-order valence-electron chi connectivity index (χ4n) is 2.27. The summed E-state index contributed by atoms with van der Waals surface area (Å²) in [6.07, 6.45) is 0.751. The molecule has 0 saturated heterocycles. The summed E-state index contributed by atoms with van der Waals surface area (Å²) >= 11 is 5.87. The van der Waals surface area contributed by atoms with Crippen LogP contribution in [0.25, 0.3) is 0 Å². The first kappa shape index (κ1) is 18.4. The number of rotatable bonds is 7. The van der Waals surface area contributed by atoms with Crippen LogP contribution < -0.4 is 0 Å². The van der Waals surface area contributed by atoms with Crippen LogP contribution in [0.4, 0.5) is 0 Å². The second-order valence-corrected chi connectivity index (χ2v) is 8.48. The zero-order chi connectivity index (χ0) is 16.3. The molecule has 4 nitrogen and oxygen atoms in total. The number of aliphatic hydroxyl groups is 1. The smallest absolute Gasteiger partial charge is 0.270 e. The Morgan fingerprint density at radius 1 is 1.24 bits per heavy atom. The minimum absolute atomic E-state index is 0.172. The van der Waals surface area contributed by atoms with E-state index in [0.717, 1.165) is 5.56 Å². The highest BCUT2D eigenvalue weighted by Gasteiger charge is 2.36. The van der Waals surface area contributed by atoms with Gasteiger partial charge in [-0.15, -0.1) is 0 Å². The topological polar surface area (TPSA) is 74.6 Å². The average Bonchev–Trinajstić information content (AvgIpc) is 2.37. The molecule has 0 amide bonds. The maximum absolute atomic E-state index is 11.5. The third-order valence-electron chi connectivity index (χ3n) is 3.81. The van der Waals surface area contributed by atoms with E-state index in [-0.39, 0.29) is 12.3 Å². The number of hydrogen-bond acceptors (Lipinski definition) is 3. The Morgan fingerprint density at radius 3 is 2.19 bits per heavy atom. The van der Waals surface area contributed by atoms with Crippen molar-refractivity contribution in [2.45, 2.75) is 56.8 Å². The van der Waals surface area contributed by atoms with Crippen molar-refractivity contribution in [1.82, 2.24) is 0 Å². The molecule has 2 N–H and O–H groups in total. The van der Waals surface area contributed by atoms with Crippen LogP contribution in [-0.4, -0.2) is 28.9 Å². The summed E-state index contributed by atoms with van der Waals surface area (Å²) in [6, 6.07) is 7.14. The minimum atomic E-state index is -4.16. The first-order chi connectivity index (χ1) is 9.56. The highest BCUT2D eigenvalue weighted by atomic mass is 35.5. The molecule has 0 aromatic heterocycles. The quantitative estimate of drug-likeness (QED) is 0.746. The van der Waals surface area contributed by atoms with E-state index in [9.17, 15) is 18.1 Å². The van der Waals surface area contributed by atoms with Gasteiger partial charge in [0, 0.05) is 5.02 Å². The maximum atomic E-state index is 11.5. The lowest BCUT2D eigenvalue weighted by Crippen LogP contribution is -2.34. The Morgan fingerprint density at radius 2 is 1.76 bits per heavy atom. The van der Waals surface area contributed by atoms with E-state index in [4.69, 9.17) is 11.6 Å². The molecule has 1 aromatic carbocycles. The van der Waals surface area contributed by atoms with Crippen molar-refractivity contribution < 1.29 is 18.1 Å². The maximum Gasteiger partial charge on any atom is 0.270 e. The summed E-state index contributed by atoms with van der Waals surface area (Å²) in [5.74, 6) is -0.172. The van der Waals surface area contributed by atoms with Crippen molar-refractivity contribution in [2.75, 3.05) is 0 Å². The number of halogens is 1. The second-order valence-electron chi connectivity index (χ2n) is 5.99. The van der Waals surface area contributed by atoms with Crippen molar-refractivity contribution in [2.24, 2.45) is 0 Å². The van der Waals surface area contributed by atoms with Gasteiger partial charge in [0.2, 0.25) is 0 Å². The van der Waals surface area contributed by atoms with E-state index in [1.165, 1.54) is 13.8 Å². The zero-order valence-electron chi connectivity index (χ0n) is 12.6. The highest BCUT2D eigenvalue weighted by molar-refractivity contribution is 7.87. The molecule has 120 valence electrons. The molecular weight excluding hydrogens is 312 g/mol. The third-order valence-corrected chi connectivity index (χ3v) is 5.62.